The van der Waals surface area contributed by atoms with Crippen molar-refractivity contribution >= 4 is 12.0 Å². The van der Waals surface area contributed by atoms with Gasteiger partial charge < -0.3 is 18.9 Å². The Hall–Kier alpha value is -3.73. The molecule has 0 N–H and O–H groups in total. The lowest BCUT2D eigenvalue weighted by molar-refractivity contribution is -0.137. The van der Waals surface area contributed by atoms with E-state index in [-0.39, 0.29) is 18.7 Å². The van der Waals surface area contributed by atoms with Gasteiger partial charge in [0.05, 0.1) is 13.0 Å². The molecular weight excluding hydrogens is 392 g/mol. The number of methoxy groups -OCH3 is 1. The molecule has 0 amide bonds. The molecule has 0 radical (unpaired) electrons. The molecule has 0 fully saturated rings. The monoisotopic (exact) mass is 414 g/mol. The normalized spacial score (nSPS) is 19.2. The zero-order chi connectivity index (χ0) is 21.2. The predicted molar refractivity (Wildman–Crippen MR) is 117 cm³/mol. The van der Waals surface area contributed by atoms with Gasteiger partial charge >= 0.3 is 5.97 Å². The summed E-state index contributed by atoms with van der Waals surface area (Å²) in [5, 5.41) is 0. The molecule has 3 aromatic rings. The zero-order valence-electron chi connectivity index (χ0n) is 17.1. The van der Waals surface area contributed by atoms with Crippen LogP contribution in [0.5, 0.6) is 23.0 Å². The van der Waals surface area contributed by atoms with E-state index in [1.807, 2.05) is 48.5 Å². The van der Waals surface area contributed by atoms with Gasteiger partial charge in [-0.25, -0.2) is 0 Å². The Labute approximate surface area is 180 Å². The molecule has 2 aliphatic heterocycles. The third-order valence-corrected chi connectivity index (χ3v) is 5.75. The van der Waals surface area contributed by atoms with Gasteiger partial charge in [-0.1, -0.05) is 54.6 Å². The average molecular weight is 414 g/mol. The van der Waals surface area contributed by atoms with Crippen LogP contribution in [0.1, 0.15) is 34.9 Å². The van der Waals surface area contributed by atoms with Gasteiger partial charge in [-0.15, -0.1) is 0 Å². The van der Waals surface area contributed by atoms with E-state index in [9.17, 15) is 4.79 Å². The van der Waals surface area contributed by atoms with Gasteiger partial charge in [-0.05, 0) is 35.7 Å². The summed E-state index contributed by atoms with van der Waals surface area (Å²) < 4.78 is 22.1. The van der Waals surface area contributed by atoms with Crippen LogP contribution < -0.4 is 18.9 Å². The van der Waals surface area contributed by atoms with Gasteiger partial charge in [0.2, 0.25) is 6.79 Å². The highest BCUT2D eigenvalue weighted by molar-refractivity contribution is 5.85. The fourth-order valence-corrected chi connectivity index (χ4v) is 4.19. The minimum Gasteiger partial charge on any atom is -0.497 e. The summed E-state index contributed by atoms with van der Waals surface area (Å²) in [5.74, 6) is 1.78. The summed E-state index contributed by atoms with van der Waals surface area (Å²) in [7, 11) is 1.62. The molecule has 5 heteroatoms. The molecule has 0 aromatic heterocycles. The molecule has 0 saturated heterocycles. The molecule has 2 heterocycles. The minimum atomic E-state index is -0.431. The van der Waals surface area contributed by atoms with Crippen molar-refractivity contribution < 1.29 is 23.7 Å². The van der Waals surface area contributed by atoms with Crippen LogP contribution in [0.15, 0.2) is 72.8 Å². The molecule has 0 spiro atoms. The Balaban J connectivity index is 1.53. The zero-order valence-corrected chi connectivity index (χ0v) is 17.1. The van der Waals surface area contributed by atoms with Gasteiger partial charge in [0.1, 0.15) is 11.5 Å². The van der Waals surface area contributed by atoms with Gasteiger partial charge in [0.15, 0.2) is 11.5 Å². The number of hydrogen-bond acceptors (Lipinski definition) is 5. The van der Waals surface area contributed by atoms with Crippen molar-refractivity contribution in [3.8, 4) is 23.0 Å². The third-order valence-electron chi connectivity index (χ3n) is 5.75. The predicted octanol–water partition coefficient (Wildman–Crippen LogP) is 5.31. The van der Waals surface area contributed by atoms with Crippen LogP contribution in [0.2, 0.25) is 0 Å². The van der Waals surface area contributed by atoms with E-state index in [2.05, 4.69) is 24.3 Å². The van der Waals surface area contributed by atoms with E-state index in [1.54, 1.807) is 13.2 Å². The maximum absolute atomic E-state index is 13.1. The lowest BCUT2D eigenvalue weighted by Gasteiger charge is -2.32. The second-order valence-electron chi connectivity index (χ2n) is 7.57. The van der Waals surface area contributed by atoms with Crippen LogP contribution in [-0.2, 0) is 4.79 Å². The molecule has 3 aromatic carbocycles. The van der Waals surface area contributed by atoms with Crippen molar-refractivity contribution in [3.05, 3.63) is 89.5 Å². The fraction of sp³-hybridized carbons (Fsp3) is 0.192. The molecule has 0 unspecified atom stereocenters. The van der Waals surface area contributed by atoms with Crippen LogP contribution in [0.3, 0.4) is 0 Å². The van der Waals surface area contributed by atoms with Gasteiger partial charge in [0.25, 0.3) is 0 Å². The van der Waals surface area contributed by atoms with Gasteiger partial charge in [-0.3, -0.25) is 4.79 Å². The Morgan fingerprint density at radius 1 is 0.968 bits per heavy atom. The van der Waals surface area contributed by atoms with Crippen molar-refractivity contribution in [3.63, 3.8) is 0 Å². The molecule has 156 valence electrons. The first-order valence-corrected chi connectivity index (χ1v) is 10.2. The average Bonchev–Trinajstić information content (AvgIpc) is 3.26. The summed E-state index contributed by atoms with van der Waals surface area (Å²) in [6.45, 7) is 0.173. The van der Waals surface area contributed by atoms with E-state index in [4.69, 9.17) is 18.9 Å². The standard InChI is InChI=1S/C26H22O5/c1-28-19-12-10-18(11-13-19)25-20(9-5-8-17-6-3-2-4-7-17)21-14-23-24(30-16-29-23)15-22(21)31-26(25)27/h2-8,10-15,20,25H,9,16H2,1H3/b8-5+/t20-,25-/m0/s1. The highest BCUT2D eigenvalue weighted by Gasteiger charge is 2.39. The summed E-state index contributed by atoms with van der Waals surface area (Å²) in [4.78, 5) is 13.1. The van der Waals surface area contributed by atoms with Crippen molar-refractivity contribution in [2.24, 2.45) is 0 Å². The van der Waals surface area contributed by atoms with Crippen LogP contribution in [0, 0.1) is 0 Å². The molecule has 31 heavy (non-hydrogen) atoms. The molecular formula is C26H22O5. The number of fused-ring (bicyclic) bond motifs is 2. The quantitative estimate of drug-likeness (QED) is 0.418. The minimum absolute atomic E-state index is 0.0980. The Kier molecular flexibility index (Phi) is 5.08. The Bertz CT molecular complexity index is 1120. The number of esters is 1. The second-order valence-corrected chi connectivity index (χ2v) is 7.57. The van der Waals surface area contributed by atoms with Gasteiger partial charge in [-0.2, -0.15) is 0 Å². The molecule has 5 rings (SSSR count). The number of allylic oxidation sites excluding steroid dienone is 1. The first kappa shape index (κ1) is 19.2. The first-order chi connectivity index (χ1) is 15.2. The van der Waals surface area contributed by atoms with Crippen LogP contribution in [0.25, 0.3) is 6.08 Å². The van der Waals surface area contributed by atoms with E-state index >= 15 is 0 Å². The summed E-state index contributed by atoms with van der Waals surface area (Å²) >= 11 is 0. The topological polar surface area (TPSA) is 54.0 Å². The second kappa shape index (κ2) is 8.19. The van der Waals surface area contributed by atoms with E-state index in [1.165, 1.54) is 0 Å². The lowest BCUT2D eigenvalue weighted by atomic mass is 9.77. The molecule has 0 saturated carbocycles. The SMILES string of the molecule is COc1ccc([C@@H]2C(=O)Oc3cc4c(cc3[C@@H]2C/C=C/c2ccccc2)OCO4)cc1. The summed E-state index contributed by atoms with van der Waals surface area (Å²) in [6.07, 6.45) is 4.87. The Morgan fingerprint density at radius 2 is 1.71 bits per heavy atom. The summed E-state index contributed by atoms with van der Waals surface area (Å²) in [6, 6.07) is 21.4. The van der Waals surface area contributed by atoms with E-state index in [0.29, 0.717) is 23.7 Å². The molecule has 2 atom stereocenters. The molecule has 2 aliphatic rings. The third kappa shape index (κ3) is 3.75. The first-order valence-electron chi connectivity index (χ1n) is 10.2. The van der Waals surface area contributed by atoms with Crippen LogP contribution >= 0.6 is 0 Å². The number of rotatable bonds is 5. The van der Waals surface area contributed by atoms with Crippen molar-refractivity contribution in [2.45, 2.75) is 18.3 Å². The lowest BCUT2D eigenvalue weighted by Crippen LogP contribution is -2.30. The van der Waals surface area contributed by atoms with E-state index in [0.717, 1.165) is 22.4 Å². The number of carbonyl (C=O) groups is 1. The maximum Gasteiger partial charge on any atom is 0.319 e. The highest BCUT2D eigenvalue weighted by Crippen LogP contribution is 2.49. The molecule has 0 bridgehead atoms. The van der Waals surface area contributed by atoms with Crippen molar-refractivity contribution in [1.29, 1.82) is 0 Å². The van der Waals surface area contributed by atoms with Crippen LogP contribution in [-0.4, -0.2) is 19.9 Å². The molecule has 5 nitrogen and oxygen atoms in total. The van der Waals surface area contributed by atoms with E-state index < -0.39 is 5.92 Å². The molecule has 0 aliphatic carbocycles. The maximum atomic E-state index is 13.1. The number of hydrogen-bond donors (Lipinski definition) is 0. The number of benzene rings is 3. The highest BCUT2D eigenvalue weighted by atomic mass is 16.7. The van der Waals surface area contributed by atoms with Crippen molar-refractivity contribution in [2.75, 3.05) is 13.9 Å². The largest absolute Gasteiger partial charge is 0.497 e. The Morgan fingerprint density at radius 3 is 2.45 bits per heavy atom. The smallest absolute Gasteiger partial charge is 0.319 e. The van der Waals surface area contributed by atoms with Gasteiger partial charge in [0, 0.05) is 17.5 Å². The van der Waals surface area contributed by atoms with Crippen molar-refractivity contribution in [1.82, 2.24) is 0 Å². The number of ether oxygens (including phenoxy) is 4. The summed E-state index contributed by atoms with van der Waals surface area (Å²) in [5.41, 5.74) is 2.96. The van der Waals surface area contributed by atoms with Crippen LogP contribution in [0.4, 0.5) is 0 Å². The number of carbonyl (C=O) groups excluding carboxylic acids is 1. The fourth-order valence-electron chi connectivity index (χ4n) is 4.19.